The van der Waals surface area contributed by atoms with E-state index < -0.39 is 5.41 Å². The Balaban J connectivity index is 1.00. The number of rotatable bonds is 9. The first-order valence-electron chi connectivity index (χ1n) is 25.5. The third-order valence-electron chi connectivity index (χ3n) is 15.6. The van der Waals surface area contributed by atoms with Gasteiger partial charge in [0.1, 0.15) is 0 Å². The Bertz CT molecular complexity index is 4060. The first-order chi connectivity index (χ1) is 36.2. The lowest BCUT2D eigenvalue weighted by Crippen LogP contribution is -2.31. The summed E-state index contributed by atoms with van der Waals surface area (Å²) < 4.78 is 2.39. The van der Waals surface area contributed by atoms with Crippen LogP contribution < -0.4 is 4.90 Å². The highest BCUT2D eigenvalue weighted by atomic mass is 15.2. The molecule has 2 nitrogen and oxygen atoms in total. The van der Waals surface area contributed by atoms with Crippen molar-refractivity contribution >= 4 is 44.0 Å². The Kier molecular flexibility index (Phi) is 10.3. The van der Waals surface area contributed by atoms with Gasteiger partial charge in [-0.15, -0.1) is 0 Å². The van der Waals surface area contributed by atoms with E-state index in [4.69, 9.17) is 0 Å². The van der Waals surface area contributed by atoms with Gasteiger partial charge in [0.2, 0.25) is 0 Å². The molecule has 73 heavy (non-hydrogen) atoms. The van der Waals surface area contributed by atoms with E-state index in [-0.39, 0.29) is 5.92 Å². The van der Waals surface area contributed by atoms with Crippen molar-refractivity contribution in [1.29, 1.82) is 0 Å². The lowest BCUT2D eigenvalue weighted by molar-refractivity contribution is 0.688. The van der Waals surface area contributed by atoms with Crippen LogP contribution in [0.4, 0.5) is 11.4 Å². The number of anilines is 2. The molecule has 0 fully saturated rings. The number of aromatic nitrogens is 1. The normalized spacial score (nSPS) is 14.7. The summed E-state index contributed by atoms with van der Waals surface area (Å²) >= 11 is 0. The maximum atomic E-state index is 2.56. The lowest BCUT2D eigenvalue weighted by atomic mass is 9.66. The van der Waals surface area contributed by atoms with E-state index in [1.807, 2.05) is 0 Å². The summed E-state index contributed by atoms with van der Waals surface area (Å²) in [6.07, 6.45) is 5.93. The number of hydrogen-bond donors (Lipinski definition) is 0. The van der Waals surface area contributed by atoms with Crippen LogP contribution in [-0.4, -0.2) is 4.57 Å². The second-order valence-corrected chi connectivity index (χ2v) is 19.5. The van der Waals surface area contributed by atoms with E-state index in [0.717, 1.165) is 34.7 Å². The summed E-state index contributed by atoms with van der Waals surface area (Å²) in [5, 5.41) is 4.94. The molecule has 2 aliphatic carbocycles. The Morgan fingerprint density at radius 1 is 0.425 bits per heavy atom. The number of allylic oxidation sites excluding steroid dienone is 3. The van der Waals surface area contributed by atoms with E-state index in [9.17, 15) is 0 Å². The number of para-hydroxylation sites is 3. The minimum atomic E-state index is -0.495. The number of benzene rings is 11. The molecule has 11 aromatic carbocycles. The zero-order chi connectivity index (χ0) is 48.3. The van der Waals surface area contributed by atoms with E-state index in [2.05, 4.69) is 295 Å². The van der Waals surface area contributed by atoms with Crippen LogP contribution in [0.5, 0.6) is 0 Å². The van der Waals surface area contributed by atoms with Gasteiger partial charge in [0.05, 0.1) is 22.1 Å². The average molecular weight is 931 g/mol. The van der Waals surface area contributed by atoms with Crippen LogP contribution in [0.15, 0.2) is 296 Å². The Labute approximate surface area is 426 Å². The highest BCUT2D eigenvalue weighted by Gasteiger charge is 2.51. The predicted molar refractivity (Wildman–Crippen MR) is 306 cm³/mol. The molecule has 2 aliphatic rings. The van der Waals surface area contributed by atoms with Crippen LogP contribution in [-0.2, 0) is 5.41 Å². The van der Waals surface area contributed by atoms with E-state index >= 15 is 0 Å². The van der Waals surface area contributed by atoms with Crippen molar-refractivity contribution in [2.24, 2.45) is 0 Å². The topological polar surface area (TPSA) is 8.17 Å². The average Bonchev–Trinajstić information content (AvgIpc) is 3.97. The SMILES string of the molecule is C1=C(N(c2cccc(-c3ccc4c(c3)c3ccccc3n4-c3ccccc3)c2)c2ccccc2-c2cccc3cccc(-c4ccccc4)c23)C=C2C(C1)c1ccccc1C2(c1ccccc1)c1ccccc1. The number of fused-ring (bicyclic) bond motifs is 7. The quantitative estimate of drug-likeness (QED) is 0.140. The fourth-order valence-electron chi connectivity index (χ4n) is 12.6. The van der Waals surface area contributed by atoms with Crippen molar-refractivity contribution in [3.63, 3.8) is 0 Å². The van der Waals surface area contributed by atoms with Crippen molar-refractivity contribution in [1.82, 2.24) is 4.57 Å². The molecule has 0 saturated carbocycles. The van der Waals surface area contributed by atoms with E-state index in [1.165, 1.54) is 88.2 Å². The Morgan fingerprint density at radius 2 is 1.01 bits per heavy atom. The van der Waals surface area contributed by atoms with Crippen molar-refractivity contribution in [2.45, 2.75) is 17.8 Å². The third kappa shape index (κ3) is 6.86. The molecule has 12 aromatic rings. The van der Waals surface area contributed by atoms with Gasteiger partial charge in [-0.2, -0.15) is 0 Å². The van der Waals surface area contributed by atoms with Gasteiger partial charge in [-0.25, -0.2) is 0 Å². The molecule has 0 spiro atoms. The molecule has 2 heteroatoms. The maximum Gasteiger partial charge on any atom is 0.0674 e. The van der Waals surface area contributed by atoms with Gasteiger partial charge < -0.3 is 9.47 Å². The van der Waals surface area contributed by atoms with Crippen LogP contribution in [0.3, 0.4) is 0 Å². The van der Waals surface area contributed by atoms with Gasteiger partial charge in [0, 0.05) is 39.3 Å². The molecule has 0 bridgehead atoms. The molecule has 344 valence electrons. The summed E-state index contributed by atoms with van der Waals surface area (Å²) in [6, 6.07) is 101. The predicted octanol–water partition coefficient (Wildman–Crippen LogP) is 18.4. The van der Waals surface area contributed by atoms with Crippen molar-refractivity contribution < 1.29 is 0 Å². The van der Waals surface area contributed by atoms with Crippen LogP contribution >= 0.6 is 0 Å². The fourth-order valence-corrected chi connectivity index (χ4v) is 12.6. The molecule has 1 atom stereocenters. The fraction of sp³-hybridized carbons (Fsp3) is 0.0423. The molecule has 0 amide bonds. The zero-order valence-corrected chi connectivity index (χ0v) is 40.3. The van der Waals surface area contributed by atoms with Gasteiger partial charge in [-0.05, 0) is 127 Å². The molecular formula is C71H50N2. The molecule has 0 radical (unpaired) electrons. The first kappa shape index (κ1) is 42.6. The molecule has 1 heterocycles. The van der Waals surface area contributed by atoms with Crippen molar-refractivity contribution in [3.05, 3.63) is 319 Å². The molecule has 1 unspecified atom stereocenters. The van der Waals surface area contributed by atoms with E-state index in [1.54, 1.807) is 0 Å². The highest BCUT2D eigenvalue weighted by Crippen LogP contribution is 2.60. The summed E-state index contributed by atoms with van der Waals surface area (Å²) in [7, 11) is 0. The van der Waals surface area contributed by atoms with Gasteiger partial charge in [-0.3, -0.25) is 0 Å². The first-order valence-corrected chi connectivity index (χ1v) is 25.5. The minimum absolute atomic E-state index is 0.208. The molecule has 0 N–H and O–H groups in total. The molecule has 1 aromatic heterocycles. The van der Waals surface area contributed by atoms with Crippen molar-refractivity contribution in [2.75, 3.05) is 4.90 Å². The smallest absolute Gasteiger partial charge is 0.0674 e. The standard InChI is InChI=1S/C71H50N2/c1-5-22-49(23-6-1)58-37-20-24-50-25-21-38-63(70(50)58)61-35-14-17-40-67(61)72(56-33-19-26-51(46-56)52-42-45-69-64(47-52)62-36-15-18-41-68(62)73(69)55-31-11-4-12-32-55)57-43-44-60-59-34-13-16-39-65(59)71(66(60)48-57,53-27-7-2-8-28-53)54-29-9-3-10-30-54/h1-43,45-48,60H,44H2. The largest absolute Gasteiger partial charge is 0.310 e. The van der Waals surface area contributed by atoms with Gasteiger partial charge in [-0.1, -0.05) is 231 Å². The molecular weight excluding hydrogens is 881 g/mol. The Hall–Kier alpha value is -9.24. The van der Waals surface area contributed by atoms with Crippen LogP contribution in [0.1, 0.15) is 34.6 Å². The van der Waals surface area contributed by atoms with Gasteiger partial charge >= 0.3 is 0 Å². The molecule has 0 aliphatic heterocycles. The monoisotopic (exact) mass is 930 g/mol. The second kappa shape index (κ2) is 17.6. The van der Waals surface area contributed by atoms with Crippen LogP contribution in [0, 0.1) is 0 Å². The van der Waals surface area contributed by atoms with Gasteiger partial charge in [0.25, 0.3) is 0 Å². The highest BCUT2D eigenvalue weighted by molar-refractivity contribution is 6.11. The van der Waals surface area contributed by atoms with E-state index in [0.29, 0.717) is 0 Å². The zero-order valence-electron chi connectivity index (χ0n) is 40.3. The summed E-state index contributed by atoms with van der Waals surface area (Å²) in [5.74, 6) is 0.208. The number of hydrogen-bond acceptors (Lipinski definition) is 1. The van der Waals surface area contributed by atoms with Crippen molar-refractivity contribution in [3.8, 4) is 39.1 Å². The number of nitrogens with zero attached hydrogens (tertiary/aromatic N) is 2. The minimum Gasteiger partial charge on any atom is -0.310 e. The summed E-state index contributed by atoms with van der Waals surface area (Å²) in [4.78, 5) is 2.55. The molecule has 0 saturated heterocycles. The second-order valence-electron chi connectivity index (χ2n) is 19.5. The maximum absolute atomic E-state index is 2.56. The van der Waals surface area contributed by atoms with Gasteiger partial charge in [0.15, 0.2) is 0 Å². The lowest BCUT2D eigenvalue weighted by Gasteiger charge is -2.38. The summed E-state index contributed by atoms with van der Waals surface area (Å²) in [6.45, 7) is 0. The third-order valence-corrected chi connectivity index (χ3v) is 15.6. The molecule has 14 rings (SSSR count). The van der Waals surface area contributed by atoms with Crippen LogP contribution in [0.25, 0.3) is 71.6 Å². The van der Waals surface area contributed by atoms with Crippen LogP contribution in [0.2, 0.25) is 0 Å². The summed E-state index contributed by atoms with van der Waals surface area (Å²) in [5.41, 5.74) is 20.3. The Morgan fingerprint density at radius 3 is 1.79 bits per heavy atom.